The van der Waals surface area contributed by atoms with E-state index in [2.05, 4.69) is 5.32 Å². The van der Waals surface area contributed by atoms with Gasteiger partial charge >= 0.3 is 5.97 Å². The molecule has 0 spiro atoms. The van der Waals surface area contributed by atoms with Crippen molar-refractivity contribution >= 4 is 23.5 Å². The van der Waals surface area contributed by atoms with Gasteiger partial charge < -0.3 is 10.4 Å². The van der Waals surface area contributed by atoms with Crippen LogP contribution in [0.25, 0.3) is 0 Å². The molecule has 2 unspecified atom stereocenters. The van der Waals surface area contributed by atoms with Gasteiger partial charge in [0.1, 0.15) is 0 Å². The zero-order valence-electron chi connectivity index (χ0n) is 10.4. The zero-order valence-corrected chi connectivity index (χ0v) is 11.2. The van der Waals surface area contributed by atoms with Crippen LogP contribution in [-0.4, -0.2) is 23.0 Å². The third kappa shape index (κ3) is 3.70. The van der Waals surface area contributed by atoms with E-state index in [-0.39, 0.29) is 17.9 Å². The SMILES string of the molecule is O=C(NC1CCCC(C(=O)O)C1)c1cccc(Cl)c1. The molecule has 2 rings (SSSR count). The zero-order chi connectivity index (χ0) is 13.8. The highest BCUT2D eigenvalue weighted by atomic mass is 35.5. The second-order valence-electron chi connectivity index (χ2n) is 4.88. The van der Waals surface area contributed by atoms with Crippen LogP contribution >= 0.6 is 11.6 Å². The minimum Gasteiger partial charge on any atom is -0.481 e. The van der Waals surface area contributed by atoms with Gasteiger partial charge in [-0.25, -0.2) is 0 Å². The molecule has 19 heavy (non-hydrogen) atoms. The van der Waals surface area contributed by atoms with Crippen LogP contribution in [0.3, 0.4) is 0 Å². The fourth-order valence-electron chi connectivity index (χ4n) is 2.44. The molecule has 0 aromatic heterocycles. The van der Waals surface area contributed by atoms with Gasteiger partial charge in [0.2, 0.25) is 0 Å². The van der Waals surface area contributed by atoms with Crippen molar-refractivity contribution < 1.29 is 14.7 Å². The summed E-state index contributed by atoms with van der Waals surface area (Å²) in [7, 11) is 0. The van der Waals surface area contributed by atoms with Crippen molar-refractivity contribution in [2.45, 2.75) is 31.7 Å². The molecule has 4 nitrogen and oxygen atoms in total. The number of carbonyl (C=O) groups excluding carboxylic acids is 1. The van der Waals surface area contributed by atoms with Gasteiger partial charge in [-0.15, -0.1) is 0 Å². The highest BCUT2D eigenvalue weighted by Crippen LogP contribution is 2.24. The Morgan fingerprint density at radius 2 is 2.11 bits per heavy atom. The molecule has 2 atom stereocenters. The van der Waals surface area contributed by atoms with Gasteiger partial charge in [-0.3, -0.25) is 9.59 Å². The summed E-state index contributed by atoms with van der Waals surface area (Å²) in [5.41, 5.74) is 0.505. The van der Waals surface area contributed by atoms with Crippen LogP contribution in [0, 0.1) is 5.92 Å². The number of nitrogens with one attached hydrogen (secondary N) is 1. The first-order chi connectivity index (χ1) is 9.06. The van der Waals surface area contributed by atoms with Crippen LogP contribution in [0.1, 0.15) is 36.0 Å². The second-order valence-corrected chi connectivity index (χ2v) is 5.32. The molecule has 1 aliphatic carbocycles. The summed E-state index contributed by atoms with van der Waals surface area (Å²) in [5.74, 6) is -1.32. The predicted octanol–water partition coefficient (Wildman–Crippen LogP) is 2.71. The average Bonchev–Trinajstić information content (AvgIpc) is 2.39. The van der Waals surface area contributed by atoms with E-state index in [0.717, 1.165) is 12.8 Å². The molecule has 1 aliphatic rings. The number of carbonyl (C=O) groups is 2. The Bertz CT molecular complexity index is 489. The van der Waals surface area contributed by atoms with Crippen molar-refractivity contribution in [3.8, 4) is 0 Å². The van der Waals surface area contributed by atoms with Crippen LogP contribution < -0.4 is 5.32 Å². The lowest BCUT2D eigenvalue weighted by molar-refractivity contribution is -0.143. The maximum absolute atomic E-state index is 12.0. The normalized spacial score (nSPS) is 22.8. The Hall–Kier alpha value is -1.55. The van der Waals surface area contributed by atoms with Crippen LogP contribution in [0.2, 0.25) is 5.02 Å². The molecule has 1 aromatic rings. The number of aliphatic carboxylic acids is 1. The van der Waals surface area contributed by atoms with Crippen molar-refractivity contribution in [2.75, 3.05) is 0 Å². The largest absolute Gasteiger partial charge is 0.481 e. The van der Waals surface area contributed by atoms with Gasteiger partial charge in [0.25, 0.3) is 5.91 Å². The van der Waals surface area contributed by atoms with Crippen molar-refractivity contribution in [1.29, 1.82) is 0 Å². The molecule has 1 fully saturated rings. The van der Waals surface area contributed by atoms with E-state index in [1.54, 1.807) is 24.3 Å². The maximum Gasteiger partial charge on any atom is 0.306 e. The van der Waals surface area contributed by atoms with Crippen LogP contribution in [0.4, 0.5) is 0 Å². The Morgan fingerprint density at radius 1 is 1.32 bits per heavy atom. The highest BCUT2D eigenvalue weighted by molar-refractivity contribution is 6.30. The molecular formula is C14H16ClNO3. The molecule has 0 radical (unpaired) electrons. The summed E-state index contributed by atoms with van der Waals surface area (Å²) in [6.45, 7) is 0. The Morgan fingerprint density at radius 3 is 2.79 bits per heavy atom. The van der Waals surface area contributed by atoms with Crippen LogP contribution in [0.5, 0.6) is 0 Å². The van der Waals surface area contributed by atoms with E-state index >= 15 is 0 Å². The lowest BCUT2D eigenvalue weighted by atomic mass is 9.85. The molecule has 1 aromatic carbocycles. The summed E-state index contributed by atoms with van der Waals surface area (Å²) in [5, 5.41) is 12.4. The van der Waals surface area contributed by atoms with Crippen molar-refractivity contribution in [3.05, 3.63) is 34.9 Å². The molecule has 0 saturated heterocycles. The Kier molecular flexibility index (Phi) is 4.43. The number of carboxylic acids is 1. The predicted molar refractivity (Wildman–Crippen MR) is 72.3 cm³/mol. The van der Waals surface area contributed by atoms with Crippen molar-refractivity contribution in [1.82, 2.24) is 5.32 Å². The first kappa shape index (κ1) is 13.9. The lowest BCUT2D eigenvalue weighted by Crippen LogP contribution is -2.39. The van der Waals surface area contributed by atoms with E-state index in [1.807, 2.05) is 0 Å². The van der Waals surface area contributed by atoms with E-state index < -0.39 is 5.97 Å². The number of hydrogen-bond acceptors (Lipinski definition) is 2. The molecule has 0 bridgehead atoms. The van der Waals surface area contributed by atoms with Gasteiger partial charge in [0.05, 0.1) is 5.92 Å². The summed E-state index contributed by atoms with van der Waals surface area (Å²) in [6.07, 6.45) is 2.86. The molecule has 0 heterocycles. The van der Waals surface area contributed by atoms with Gasteiger partial charge in [-0.2, -0.15) is 0 Å². The summed E-state index contributed by atoms with van der Waals surface area (Å²) in [6, 6.07) is 6.66. The number of halogens is 1. The van der Waals surface area contributed by atoms with Gasteiger partial charge in [0.15, 0.2) is 0 Å². The maximum atomic E-state index is 12.0. The van der Waals surface area contributed by atoms with Crippen molar-refractivity contribution in [3.63, 3.8) is 0 Å². The number of rotatable bonds is 3. The third-order valence-corrected chi connectivity index (χ3v) is 3.68. The number of benzene rings is 1. The minimum absolute atomic E-state index is 0.0682. The van der Waals surface area contributed by atoms with Gasteiger partial charge in [-0.1, -0.05) is 24.1 Å². The third-order valence-electron chi connectivity index (χ3n) is 3.45. The summed E-state index contributed by atoms with van der Waals surface area (Å²) >= 11 is 5.84. The summed E-state index contributed by atoms with van der Waals surface area (Å²) < 4.78 is 0. The van der Waals surface area contributed by atoms with E-state index in [0.29, 0.717) is 23.4 Å². The van der Waals surface area contributed by atoms with Crippen LogP contribution in [-0.2, 0) is 4.79 Å². The standard InChI is InChI=1S/C14H16ClNO3/c15-11-5-1-3-9(7-11)13(17)16-12-6-2-4-10(8-12)14(18)19/h1,3,5,7,10,12H,2,4,6,8H2,(H,16,17)(H,18,19). The second kappa shape index (κ2) is 6.06. The topological polar surface area (TPSA) is 66.4 Å². The first-order valence-corrected chi connectivity index (χ1v) is 6.73. The number of amides is 1. The smallest absolute Gasteiger partial charge is 0.306 e. The quantitative estimate of drug-likeness (QED) is 0.895. The van der Waals surface area contributed by atoms with E-state index in [1.165, 1.54) is 0 Å². The molecule has 102 valence electrons. The molecular weight excluding hydrogens is 266 g/mol. The molecule has 1 amide bonds. The van der Waals surface area contributed by atoms with E-state index in [4.69, 9.17) is 16.7 Å². The average molecular weight is 282 g/mol. The first-order valence-electron chi connectivity index (χ1n) is 6.35. The highest BCUT2D eigenvalue weighted by Gasteiger charge is 2.27. The Balaban J connectivity index is 1.97. The molecule has 2 N–H and O–H groups in total. The van der Waals surface area contributed by atoms with Gasteiger partial charge in [-0.05, 0) is 37.5 Å². The Labute approximate surface area is 116 Å². The van der Waals surface area contributed by atoms with Crippen molar-refractivity contribution in [2.24, 2.45) is 5.92 Å². The van der Waals surface area contributed by atoms with Crippen LogP contribution in [0.15, 0.2) is 24.3 Å². The molecule has 1 saturated carbocycles. The summed E-state index contributed by atoms with van der Waals surface area (Å²) in [4.78, 5) is 23.0. The monoisotopic (exact) mass is 281 g/mol. The number of hydrogen-bond donors (Lipinski definition) is 2. The molecule has 0 aliphatic heterocycles. The van der Waals surface area contributed by atoms with E-state index in [9.17, 15) is 9.59 Å². The van der Waals surface area contributed by atoms with Gasteiger partial charge in [0, 0.05) is 16.6 Å². The lowest BCUT2D eigenvalue weighted by Gasteiger charge is -2.27. The minimum atomic E-state index is -0.776. The molecule has 5 heteroatoms. The fraction of sp³-hybridized carbons (Fsp3) is 0.429. The number of carboxylic acid groups (broad SMARTS) is 1. The fourth-order valence-corrected chi connectivity index (χ4v) is 2.63.